The highest BCUT2D eigenvalue weighted by atomic mass is 32.2. The Morgan fingerprint density at radius 1 is 1.15 bits per heavy atom. The number of piperidine rings is 1. The summed E-state index contributed by atoms with van der Waals surface area (Å²) in [7, 11) is -3.68. The molecule has 2 aromatic carbocycles. The Morgan fingerprint density at radius 2 is 1.85 bits per heavy atom. The van der Waals surface area contributed by atoms with Gasteiger partial charge in [0.1, 0.15) is 5.75 Å². The molecule has 5 rings (SSSR count). The lowest BCUT2D eigenvalue weighted by atomic mass is 10.0. The number of nitriles is 1. The van der Waals surface area contributed by atoms with E-state index >= 15 is 0 Å². The van der Waals surface area contributed by atoms with Gasteiger partial charge in [-0.25, -0.2) is 18.5 Å². The Morgan fingerprint density at radius 3 is 2.49 bits per heavy atom. The van der Waals surface area contributed by atoms with Gasteiger partial charge in [0.05, 0.1) is 22.2 Å². The Balaban J connectivity index is 1.26. The van der Waals surface area contributed by atoms with Crippen LogP contribution in [-0.2, 0) is 28.7 Å². The first-order valence-electron chi connectivity index (χ1n) is 13.0. The molecule has 0 saturated carbocycles. The molecule has 2 aliphatic rings. The van der Waals surface area contributed by atoms with Gasteiger partial charge in [-0.05, 0) is 79.8 Å². The molecule has 11 heteroatoms. The molecule has 0 spiro atoms. The molecule has 1 fully saturated rings. The van der Waals surface area contributed by atoms with Crippen LogP contribution >= 0.6 is 11.8 Å². The van der Waals surface area contributed by atoms with E-state index in [0.717, 1.165) is 84.1 Å². The Labute approximate surface area is 233 Å². The van der Waals surface area contributed by atoms with E-state index in [1.54, 1.807) is 12.1 Å². The first-order chi connectivity index (χ1) is 18.7. The van der Waals surface area contributed by atoms with Gasteiger partial charge in [0.2, 0.25) is 21.9 Å². The van der Waals surface area contributed by atoms with E-state index in [0.29, 0.717) is 17.4 Å². The molecule has 3 heterocycles. The molecule has 0 aliphatic carbocycles. The van der Waals surface area contributed by atoms with E-state index in [4.69, 9.17) is 19.8 Å². The molecule has 204 valence electrons. The van der Waals surface area contributed by atoms with Crippen molar-refractivity contribution in [2.45, 2.75) is 56.3 Å². The van der Waals surface area contributed by atoms with E-state index in [9.17, 15) is 13.7 Å². The fourth-order valence-corrected chi connectivity index (χ4v) is 6.58. The third-order valence-electron chi connectivity index (χ3n) is 7.15. The molecule has 0 amide bonds. The average molecular weight is 565 g/mol. The number of nitrogens with two attached hydrogens (primary N) is 1. The molecule has 0 bridgehead atoms. The number of sulfonamides is 1. The van der Waals surface area contributed by atoms with E-state index in [1.165, 1.54) is 0 Å². The van der Waals surface area contributed by atoms with Crippen LogP contribution in [-0.4, -0.2) is 48.2 Å². The SMILES string of the molecule is Cc1cc(C#N)cc(C)c1Oc1nc(NC2CCN(Cc3ccc(S(N)(=O)=O)cc3)CC2)nc2c1CSCC2. The second kappa shape index (κ2) is 11.5. The van der Waals surface area contributed by atoms with Crippen molar-refractivity contribution in [3.05, 3.63) is 69.9 Å². The fourth-order valence-electron chi connectivity index (χ4n) is 5.08. The van der Waals surface area contributed by atoms with E-state index in [1.807, 2.05) is 49.9 Å². The van der Waals surface area contributed by atoms with Gasteiger partial charge >= 0.3 is 0 Å². The van der Waals surface area contributed by atoms with Crippen molar-refractivity contribution in [1.82, 2.24) is 14.9 Å². The van der Waals surface area contributed by atoms with Crippen molar-refractivity contribution >= 4 is 27.7 Å². The van der Waals surface area contributed by atoms with E-state index < -0.39 is 10.0 Å². The molecule has 2 aliphatic heterocycles. The highest BCUT2D eigenvalue weighted by Gasteiger charge is 2.24. The minimum Gasteiger partial charge on any atom is -0.438 e. The van der Waals surface area contributed by atoms with Crippen LogP contribution in [0, 0.1) is 25.2 Å². The molecule has 1 aromatic heterocycles. The monoisotopic (exact) mass is 564 g/mol. The Kier molecular flexibility index (Phi) is 8.09. The van der Waals surface area contributed by atoms with E-state index in [-0.39, 0.29) is 10.9 Å². The maximum absolute atomic E-state index is 11.5. The largest absolute Gasteiger partial charge is 0.438 e. The molecule has 3 aromatic rings. The number of primary sulfonamides is 1. The van der Waals surface area contributed by atoms with Crippen molar-refractivity contribution in [1.29, 1.82) is 5.26 Å². The van der Waals surface area contributed by atoms with Gasteiger partial charge in [0, 0.05) is 37.0 Å². The Hall–Kier alpha value is -3.17. The zero-order valence-electron chi connectivity index (χ0n) is 22.1. The molecule has 1 saturated heterocycles. The van der Waals surface area contributed by atoms with Crippen molar-refractivity contribution in [2.24, 2.45) is 5.14 Å². The van der Waals surface area contributed by atoms with Crippen molar-refractivity contribution < 1.29 is 13.2 Å². The predicted octanol–water partition coefficient (Wildman–Crippen LogP) is 4.27. The first-order valence-corrected chi connectivity index (χ1v) is 15.7. The number of thioether (sulfide) groups is 1. The number of aryl methyl sites for hydroxylation is 3. The summed E-state index contributed by atoms with van der Waals surface area (Å²) >= 11 is 1.86. The number of benzene rings is 2. The predicted molar refractivity (Wildman–Crippen MR) is 152 cm³/mol. The van der Waals surface area contributed by atoms with Crippen LogP contribution in [0.1, 0.15) is 46.4 Å². The third kappa shape index (κ3) is 6.53. The second-order valence-corrected chi connectivity index (χ2v) is 12.8. The lowest BCUT2D eigenvalue weighted by Crippen LogP contribution is -2.39. The normalized spacial score (nSPS) is 16.4. The zero-order chi connectivity index (χ0) is 27.6. The van der Waals surface area contributed by atoms with Crippen LogP contribution < -0.4 is 15.2 Å². The summed E-state index contributed by atoms with van der Waals surface area (Å²) < 4.78 is 29.4. The Bertz CT molecular complexity index is 1490. The molecular formula is C28H32N6O3S2. The number of nitrogens with one attached hydrogen (secondary N) is 1. The number of fused-ring (bicyclic) bond motifs is 1. The maximum atomic E-state index is 11.5. The maximum Gasteiger partial charge on any atom is 0.238 e. The summed E-state index contributed by atoms with van der Waals surface area (Å²) in [6.45, 7) is 6.47. The van der Waals surface area contributed by atoms with Crippen molar-refractivity contribution in [2.75, 3.05) is 24.2 Å². The fraction of sp³-hybridized carbons (Fsp3) is 0.393. The summed E-state index contributed by atoms with van der Waals surface area (Å²) in [5.41, 5.74) is 5.56. The van der Waals surface area contributed by atoms with Crippen LogP contribution in [0.15, 0.2) is 41.3 Å². The number of aromatic nitrogens is 2. The lowest BCUT2D eigenvalue weighted by Gasteiger charge is -2.32. The van der Waals surface area contributed by atoms with Crippen molar-refractivity contribution in [3.8, 4) is 17.7 Å². The molecule has 0 radical (unpaired) electrons. The average Bonchev–Trinajstić information content (AvgIpc) is 2.91. The molecular weight excluding hydrogens is 532 g/mol. The van der Waals surface area contributed by atoms with Gasteiger partial charge in [-0.1, -0.05) is 12.1 Å². The van der Waals surface area contributed by atoms with Gasteiger partial charge in [-0.2, -0.15) is 22.0 Å². The van der Waals surface area contributed by atoms with Crippen LogP contribution in [0.25, 0.3) is 0 Å². The number of hydrogen-bond acceptors (Lipinski definition) is 9. The van der Waals surface area contributed by atoms with Crippen molar-refractivity contribution in [3.63, 3.8) is 0 Å². The number of ether oxygens (including phenoxy) is 1. The molecule has 0 unspecified atom stereocenters. The number of nitrogens with zero attached hydrogens (tertiary/aromatic N) is 4. The third-order valence-corrected chi connectivity index (χ3v) is 9.07. The quantitative estimate of drug-likeness (QED) is 0.431. The van der Waals surface area contributed by atoms with Crippen LogP contribution in [0.4, 0.5) is 5.95 Å². The summed E-state index contributed by atoms with van der Waals surface area (Å²) in [6.07, 6.45) is 2.76. The van der Waals surface area contributed by atoms with Gasteiger partial charge in [0.15, 0.2) is 0 Å². The minimum atomic E-state index is -3.68. The highest BCUT2D eigenvalue weighted by Crippen LogP contribution is 2.36. The molecule has 3 N–H and O–H groups in total. The highest BCUT2D eigenvalue weighted by molar-refractivity contribution is 7.98. The smallest absolute Gasteiger partial charge is 0.238 e. The van der Waals surface area contributed by atoms with E-state index in [2.05, 4.69) is 16.3 Å². The number of rotatable bonds is 7. The lowest BCUT2D eigenvalue weighted by molar-refractivity contribution is 0.211. The topological polar surface area (TPSA) is 134 Å². The molecule has 0 atom stereocenters. The van der Waals surface area contributed by atoms with Gasteiger partial charge in [-0.3, -0.25) is 4.90 Å². The van der Waals surface area contributed by atoms with Gasteiger partial charge < -0.3 is 10.1 Å². The zero-order valence-corrected chi connectivity index (χ0v) is 23.7. The summed E-state index contributed by atoms with van der Waals surface area (Å²) in [5.74, 6) is 3.76. The van der Waals surface area contributed by atoms with Gasteiger partial charge in [-0.15, -0.1) is 0 Å². The number of likely N-dealkylation sites (tertiary alicyclic amines) is 1. The standard InChI is InChI=1S/C28H32N6O3S2/c1-18-13-21(15-29)14-19(2)26(18)37-27-24-17-38-12-9-25(24)32-28(33-27)31-22-7-10-34(11-8-22)16-20-3-5-23(6-4-20)39(30,35)36/h3-6,13-14,22H,7-12,16-17H2,1-2H3,(H2,30,35,36)(H,31,32,33). The first kappa shape index (κ1) is 27.4. The summed E-state index contributed by atoms with van der Waals surface area (Å²) in [6, 6.07) is 12.9. The van der Waals surface area contributed by atoms with Gasteiger partial charge in [0.25, 0.3) is 0 Å². The summed E-state index contributed by atoms with van der Waals surface area (Å²) in [4.78, 5) is 12.2. The van der Waals surface area contributed by atoms with Crippen LogP contribution in [0.2, 0.25) is 0 Å². The molecule has 39 heavy (non-hydrogen) atoms. The minimum absolute atomic E-state index is 0.130. The number of hydrogen-bond donors (Lipinski definition) is 2. The van der Waals surface area contributed by atoms with Crippen LogP contribution in [0.3, 0.4) is 0 Å². The molecule has 9 nitrogen and oxygen atoms in total. The second-order valence-electron chi connectivity index (χ2n) is 10.1. The number of anilines is 1. The van der Waals surface area contributed by atoms with Crippen LogP contribution in [0.5, 0.6) is 11.6 Å². The summed E-state index contributed by atoms with van der Waals surface area (Å²) in [5, 5.41) is 18.1.